The fourth-order valence-corrected chi connectivity index (χ4v) is 5.47. The summed E-state index contributed by atoms with van der Waals surface area (Å²) in [4.78, 5) is 51.7. The molecule has 4 aliphatic rings. The topological polar surface area (TPSA) is 142 Å². The number of β-lactam (4-membered cyclic amide) rings is 1. The molecule has 3 amide bonds. The zero-order chi connectivity index (χ0) is 29.6. The number of halogens is 3. The molecule has 42 heavy (non-hydrogen) atoms. The number of amides is 3. The smallest absolute Gasteiger partial charge is 0.344 e. The van der Waals surface area contributed by atoms with E-state index in [1.165, 1.54) is 12.1 Å². The van der Waals surface area contributed by atoms with Crippen LogP contribution in [0.1, 0.15) is 40.7 Å². The molecular weight excluding hydrogens is 553 g/mol. The molecule has 5 heterocycles. The van der Waals surface area contributed by atoms with Gasteiger partial charge in [-0.1, -0.05) is 0 Å². The van der Waals surface area contributed by atoms with Crippen LogP contribution in [0.2, 0.25) is 0 Å². The second-order valence-electron chi connectivity index (χ2n) is 10.5. The fraction of sp³-hybridized carbons (Fsp3) is 0.286. The van der Waals surface area contributed by atoms with Gasteiger partial charge in [0, 0.05) is 30.8 Å². The number of aromatic nitrogens is 1. The number of likely N-dealkylation sites (tertiary alicyclic amines) is 1. The van der Waals surface area contributed by atoms with Crippen LogP contribution in [0.4, 0.5) is 19.0 Å². The van der Waals surface area contributed by atoms with Gasteiger partial charge in [-0.05, 0) is 49.2 Å². The zero-order valence-electron chi connectivity index (χ0n) is 22.1. The minimum atomic E-state index is -4.56. The molecule has 2 fully saturated rings. The SMILES string of the molecule is N[N+]12C=CN=CC1=C([C@@H]1CCCN(C(=O)[C@H]3CC(=O)N3)C1)N=C2c1ccc(C(=O)Nc2cc(C(F)(F)F)ccn2)cc1. The molecule has 6 rings (SSSR count). The van der Waals surface area contributed by atoms with E-state index in [9.17, 15) is 27.6 Å². The number of aliphatic imine (C=N–C) groups is 2. The Bertz CT molecular complexity index is 1590. The maximum absolute atomic E-state index is 13.0. The summed E-state index contributed by atoms with van der Waals surface area (Å²) in [5, 5.41) is 5.03. The number of fused-ring (bicyclic) bond motifs is 1. The van der Waals surface area contributed by atoms with Crippen LogP contribution in [0, 0.1) is 5.92 Å². The largest absolute Gasteiger partial charge is 0.416 e. The van der Waals surface area contributed by atoms with Crippen LogP contribution in [0.5, 0.6) is 0 Å². The number of nitrogens with zero attached hydrogens (tertiary/aromatic N) is 5. The van der Waals surface area contributed by atoms with Crippen LogP contribution in [-0.2, 0) is 15.8 Å². The van der Waals surface area contributed by atoms with Crippen molar-refractivity contribution in [2.45, 2.75) is 31.5 Å². The average molecular weight is 580 g/mol. The first kappa shape index (κ1) is 27.5. The van der Waals surface area contributed by atoms with Gasteiger partial charge >= 0.3 is 6.18 Å². The first-order valence-corrected chi connectivity index (χ1v) is 13.3. The number of hydrogen-bond acceptors (Lipinski definition) is 7. The molecular formula is C28H26F3N8O3+. The summed E-state index contributed by atoms with van der Waals surface area (Å²) in [6.07, 6.45) is 3.08. The second kappa shape index (κ2) is 10.3. The third-order valence-electron chi connectivity index (χ3n) is 7.70. The number of nitrogens with two attached hydrogens (primary N) is 1. The summed E-state index contributed by atoms with van der Waals surface area (Å²) in [5.74, 6) is 6.14. The number of benzene rings is 1. The lowest BCUT2D eigenvalue weighted by Crippen LogP contribution is -2.59. The van der Waals surface area contributed by atoms with Crippen LogP contribution < -0.4 is 16.5 Å². The van der Waals surface area contributed by atoms with Crippen molar-refractivity contribution < 1.29 is 32.1 Å². The Labute approximate surface area is 237 Å². The van der Waals surface area contributed by atoms with Gasteiger partial charge in [0.05, 0.1) is 30.0 Å². The maximum Gasteiger partial charge on any atom is 0.416 e. The molecule has 1 aromatic heterocycles. The Balaban J connectivity index is 1.22. The number of amidine groups is 1. The highest BCUT2D eigenvalue weighted by atomic mass is 19.4. The lowest BCUT2D eigenvalue weighted by molar-refractivity contribution is -0.750. The first-order valence-electron chi connectivity index (χ1n) is 13.3. The van der Waals surface area contributed by atoms with Gasteiger partial charge in [0.1, 0.15) is 23.8 Å². The van der Waals surface area contributed by atoms with Gasteiger partial charge < -0.3 is 15.5 Å². The van der Waals surface area contributed by atoms with Crippen LogP contribution in [-0.4, -0.2) is 63.4 Å². The number of carbonyl (C=O) groups is 3. The van der Waals surface area contributed by atoms with E-state index in [0.717, 1.165) is 31.2 Å². The molecule has 2 aromatic rings. The van der Waals surface area contributed by atoms with E-state index in [2.05, 4.69) is 20.6 Å². The average Bonchev–Trinajstić information content (AvgIpc) is 3.28. The molecule has 1 aromatic carbocycles. The second-order valence-corrected chi connectivity index (χ2v) is 10.5. The van der Waals surface area contributed by atoms with Crippen molar-refractivity contribution >= 4 is 35.6 Å². The first-order chi connectivity index (χ1) is 20.0. The quantitative estimate of drug-likeness (QED) is 0.284. The molecule has 0 saturated carbocycles. The van der Waals surface area contributed by atoms with Gasteiger partial charge in [0.25, 0.3) is 11.7 Å². The molecule has 3 atom stereocenters. The monoisotopic (exact) mass is 579 g/mol. The lowest BCUT2D eigenvalue weighted by Gasteiger charge is -2.37. The lowest BCUT2D eigenvalue weighted by atomic mass is 9.92. The Morgan fingerprint density at radius 3 is 2.64 bits per heavy atom. The number of pyridine rings is 1. The fourth-order valence-electron chi connectivity index (χ4n) is 5.47. The number of allylic oxidation sites excluding steroid dienone is 1. The number of carbonyl (C=O) groups excluding carboxylic acids is 3. The normalized spacial score (nSPS) is 25.0. The molecule has 4 aliphatic heterocycles. The van der Waals surface area contributed by atoms with Crippen molar-refractivity contribution in [2.75, 3.05) is 18.4 Å². The molecule has 4 N–H and O–H groups in total. The Morgan fingerprint density at radius 1 is 1.17 bits per heavy atom. The van der Waals surface area contributed by atoms with E-state index >= 15 is 0 Å². The van der Waals surface area contributed by atoms with Crippen molar-refractivity contribution in [3.05, 3.63) is 83.1 Å². The van der Waals surface area contributed by atoms with Crippen molar-refractivity contribution in [2.24, 2.45) is 21.7 Å². The summed E-state index contributed by atoms with van der Waals surface area (Å²) < 4.78 is 38.8. The van der Waals surface area contributed by atoms with Gasteiger partial charge in [0.15, 0.2) is 0 Å². The van der Waals surface area contributed by atoms with E-state index < -0.39 is 23.7 Å². The van der Waals surface area contributed by atoms with Gasteiger partial charge in [0.2, 0.25) is 17.5 Å². The van der Waals surface area contributed by atoms with E-state index in [-0.39, 0.29) is 40.1 Å². The zero-order valence-corrected chi connectivity index (χ0v) is 22.1. The van der Waals surface area contributed by atoms with Crippen molar-refractivity contribution in [1.82, 2.24) is 15.2 Å². The molecule has 216 valence electrons. The van der Waals surface area contributed by atoms with Gasteiger partial charge in [-0.25, -0.2) is 4.98 Å². The molecule has 0 radical (unpaired) electrons. The standard InChI is InChI=1S/C28H25F3N8O3/c29-28(30,31)19-7-8-34-22(12-19)36-26(41)17-5-3-16(4-6-17)25-37-24(21-14-33-9-11-39(21,25)32)18-2-1-10-38(15-18)27(42)20-13-23(40)35-20/h3-9,11-12,14,18,20H,1-2,10,13,15,32H2,(H-,34,35,36,40,41)/p+1/t18-,20-,39?/m1/s1. The van der Waals surface area contributed by atoms with Gasteiger partial charge in [-0.3, -0.25) is 19.4 Å². The van der Waals surface area contributed by atoms with Crippen LogP contribution >= 0.6 is 0 Å². The minimum Gasteiger partial charge on any atom is -0.344 e. The van der Waals surface area contributed by atoms with E-state index in [4.69, 9.17) is 10.8 Å². The predicted octanol–water partition coefficient (Wildman–Crippen LogP) is 2.70. The number of rotatable bonds is 5. The molecule has 14 heteroatoms. The number of quaternary nitrogens is 1. The van der Waals surface area contributed by atoms with Gasteiger partial charge in [-0.2, -0.15) is 24.0 Å². The van der Waals surface area contributed by atoms with Crippen molar-refractivity contribution in [3.8, 4) is 0 Å². The number of piperidine rings is 1. The summed E-state index contributed by atoms with van der Waals surface area (Å²) in [5.41, 5.74) is 1.29. The van der Waals surface area contributed by atoms with Crippen LogP contribution in [0.25, 0.3) is 0 Å². The van der Waals surface area contributed by atoms with Gasteiger partial charge in [-0.15, -0.1) is 4.59 Å². The number of anilines is 1. The van der Waals surface area contributed by atoms with Crippen LogP contribution in [0.3, 0.4) is 0 Å². The molecule has 0 aliphatic carbocycles. The van der Waals surface area contributed by atoms with Crippen molar-refractivity contribution in [3.63, 3.8) is 0 Å². The Hall–Kier alpha value is -4.69. The summed E-state index contributed by atoms with van der Waals surface area (Å²) in [6, 6.07) is 7.49. The summed E-state index contributed by atoms with van der Waals surface area (Å²) in [7, 11) is 0. The third kappa shape index (κ3) is 4.99. The van der Waals surface area contributed by atoms with Crippen molar-refractivity contribution in [1.29, 1.82) is 0 Å². The summed E-state index contributed by atoms with van der Waals surface area (Å²) in [6.45, 7) is 1.03. The summed E-state index contributed by atoms with van der Waals surface area (Å²) >= 11 is 0. The molecule has 0 bridgehead atoms. The predicted molar refractivity (Wildman–Crippen MR) is 145 cm³/mol. The molecule has 2 saturated heterocycles. The molecule has 0 spiro atoms. The minimum absolute atomic E-state index is 0.102. The molecule has 1 unspecified atom stereocenters. The van der Waals surface area contributed by atoms with Crippen LogP contribution in [0.15, 0.2) is 76.4 Å². The van der Waals surface area contributed by atoms with E-state index in [1.54, 1.807) is 35.6 Å². The highest BCUT2D eigenvalue weighted by Crippen LogP contribution is 2.38. The third-order valence-corrected chi connectivity index (χ3v) is 7.70. The van der Waals surface area contributed by atoms with E-state index in [1.807, 2.05) is 0 Å². The Kier molecular flexibility index (Phi) is 6.74. The number of hydrogen-bond donors (Lipinski definition) is 3. The Morgan fingerprint density at radius 2 is 1.93 bits per heavy atom. The van der Waals surface area contributed by atoms with E-state index in [0.29, 0.717) is 35.9 Å². The molecule has 11 nitrogen and oxygen atoms in total. The number of nitrogens with one attached hydrogen (secondary N) is 2. The maximum atomic E-state index is 13.0. The highest BCUT2D eigenvalue weighted by molar-refractivity contribution is 6.05. The number of alkyl halides is 3. The highest BCUT2D eigenvalue weighted by Gasteiger charge is 2.47.